The lowest BCUT2D eigenvalue weighted by atomic mass is 9.63. The van der Waals surface area contributed by atoms with Crippen LogP contribution in [-0.2, 0) is 22.7 Å². The molecule has 0 saturated carbocycles. The number of Topliss-reactive ketones (excluding diaryl/α,β-unsaturated/α-hetero) is 2. The number of ether oxygens (including phenoxy) is 1. The summed E-state index contributed by atoms with van der Waals surface area (Å²) < 4.78 is 6.38. The largest absolute Gasteiger partial charge is 0.487 e. The van der Waals surface area contributed by atoms with Crippen LogP contribution in [0.1, 0.15) is 86.3 Å². The Hall–Kier alpha value is -3.87. The minimum Gasteiger partial charge on any atom is -0.487 e. The summed E-state index contributed by atoms with van der Waals surface area (Å²) in [6, 6.07) is 19.9. The van der Waals surface area contributed by atoms with Gasteiger partial charge in [0.05, 0.1) is 10.6 Å². The van der Waals surface area contributed by atoms with E-state index in [4.69, 9.17) is 27.9 Å². The van der Waals surface area contributed by atoms with Crippen molar-refractivity contribution in [2.75, 3.05) is 0 Å². The highest BCUT2D eigenvalue weighted by Gasteiger charge is 2.49. The van der Waals surface area contributed by atoms with Gasteiger partial charge in [-0.1, -0.05) is 93.4 Å². The Balaban J connectivity index is 1.54. The fourth-order valence-corrected chi connectivity index (χ4v) is 7.73. The number of ketones is 2. The number of carboxylic acids is 1. The molecule has 1 heterocycles. The van der Waals surface area contributed by atoms with Gasteiger partial charge in [0.2, 0.25) is 0 Å². The molecule has 0 amide bonds. The van der Waals surface area contributed by atoms with Gasteiger partial charge >= 0.3 is 5.97 Å². The number of nitrogens with zero attached hydrogens (tertiary/aromatic N) is 1. The number of benzene rings is 3. The van der Waals surface area contributed by atoms with Crippen LogP contribution in [0.3, 0.4) is 0 Å². The van der Waals surface area contributed by atoms with Crippen molar-refractivity contribution in [1.29, 1.82) is 0 Å². The highest BCUT2D eigenvalue weighted by atomic mass is 35.5. The number of aromatic carboxylic acids is 1. The van der Waals surface area contributed by atoms with E-state index in [9.17, 15) is 19.5 Å². The molecule has 8 heteroatoms. The predicted molar refractivity (Wildman–Crippen MR) is 179 cm³/mol. The molecule has 6 nitrogen and oxygen atoms in total. The lowest BCUT2D eigenvalue weighted by Gasteiger charge is -2.49. The van der Waals surface area contributed by atoms with Crippen LogP contribution >= 0.6 is 23.2 Å². The molecule has 0 bridgehead atoms. The van der Waals surface area contributed by atoms with Crippen LogP contribution in [0.15, 0.2) is 89.3 Å². The average Bonchev–Trinajstić information content (AvgIpc) is 2.96. The van der Waals surface area contributed by atoms with Gasteiger partial charge in [0.1, 0.15) is 12.4 Å². The highest BCUT2D eigenvalue weighted by Crippen LogP contribution is 2.56. The number of halogens is 2. The lowest BCUT2D eigenvalue weighted by molar-refractivity contribution is -0.119. The zero-order valence-corrected chi connectivity index (χ0v) is 28.0. The molecule has 0 aromatic heterocycles. The van der Waals surface area contributed by atoms with Gasteiger partial charge in [-0.2, -0.15) is 0 Å². The maximum atomic E-state index is 14.3. The minimum atomic E-state index is -1.01. The van der Waals surface area contributed by atoms with Gasteiger partial charge in [0.25, 0.3) is 0 Å². The summed E-state index contributed by atoms with van der Waals surface area (Å²) in [6.07, 6.45) is 2.04. The van der Waals surface area contributed by atoms with Crippen LogP contribution in [0.25, 0.3) is 0 Å². The fraction of sp³-hybridized carbons (Fsp3) is 0.342. The Morgan fingerprint density at radius 1 is 0.826 bits per heavy atom. The second kappa shape index (κ2) is 12.1. The molecule has 6 rings (SSSR count). The van der Waals surface area contributed by atoms with E-state index < -0.39 is 11.9 Å². The molecule has 3 aliphatic rings. The SMILES string of the molecule is CC1(C)CC(=O)C2=C(C1)N(Cc1ccccc1)C1=C(C(=O)CC(C)(C)C1)C2c1cc(Cl)cc(Cl)c1OCc1ccc(C(=O)O)cc1. The van der Waals surface area contributed by atoms with E-state index in [0.29, 0.717) is 59.7 Å². The zero-order valence-electron chi connectivity index (χ0n) is 26.5. The van der Waals surface area contributed by atoms with Gasteiger partial charge in [0, 0.05) is 58.4 Å². The molecule has 3 aromatic rings. The normalized spacial score (nSPS) is 19.2. The van der Waals surface area contributed by atoms with Crippen LogP contribution in [0, 0.1) is 10.8 Å². The molecule has 3 aromatic carbocycles. The summed E-state index contributed by atoms with van der Waals surface area (Å²) >= 11 is 13.5. The quantitative estimate of drug-likeness (QED) is 0.273. The number of carbonyl (C=O) groups excluding carboxylic acids is 2. The predicted octanol–water partition coefficient (Wildman–Crippen LogP) is 9.16. The number of carbonyl (C=O) groups is 3. The van der Waals surface area contributed by atoms with Crippen molar-refractivity contribution < 1.29 is 24.2 Å². The summed E-state index contributed by atoms with van der Waals surface area (Å²) in [6.45, 7) is 9.11. The monoisotopic (exact) mass is 657 g/mol. The maximum absolute atomic E-state index is 14.3. The van der Waals surface area contributed by atoms with Crippen LogP contribution < -0.4 is 4.74 Å². The van der Waals surface area contributed by atoms with E-state index >= 15 is 0 Å². The first-order valence-electron chi connectivity index (χ1n) is 15.5. The fourth-order valence-electron chi connectivity index (χ4n) is 7.16. The second-order valence-corrected chi connectivity index (χ2v) is 15.0. The molecule has 0 unspecified atom stereocenters. The molecule has 1 N–H and O–H groups in total. The van der Waals surface area contributed by atoms with E-state index in [1.807, 2.05) is 18.2 Å². The molecule has 1 aliphatic heterocycles. The first-order valence-corrected chi connectivity index (χ1v) is 16.3. The van der Waals surface area contributed by atoms with Crippen LogP contribution in [0.4, 0.5) is 0 Å². The first-order chi connectivity index (χ1) is 21.7. The number of hydrogen-bond donors (Lipinski definition) is 1. The first kappa shape index (κ1) is 32.1. The van der Waals surface area contributed by atoms with E-state index in [2.05, 4.69) is 44.7 Å². The van der Waals surface area contributed by atoms with Crippen LogP contribution in [0.5, 0.6) is 5.75 Å². The highest BCUT2D eigenvalue weighted by molar-refractivity contribution is 6.35. The molecule has 0 spiro atoms. The van der Waals surface area contributed by atoms with Crippen molar-refractivity contribution >= 4 is 40.7 Å². The van der Waals surface area contributed by atoms with E-state index in [0.717, 1.165) is 22.5 Å². The smallest absolute Gasteiger partial charge is 0.335 e. The molecule has 46 heavy (non-hydrogen) atoms. The Morgan fingerprint density at radius 2 is 1.39 bits per heavy atom. The summed E-state index contributed by atoms with van der Waals surface area (Å²) in [5.41, 5.74) is 5.14. The second-order valence-electron chi connectivity index (χ2n) is 14.2. The van der Waals surface area contributed by atoms with Crippen molar-refractivity contribution in [1.82, 2.24) is 4.90 Å². The van der Waals surface area contributed by atoms with Gasteiger partial charge in [-0.3, -0.25) is 9.59 Å². The molecule has 0 atom stereocenters. The van der Waals surface area contributed by atoms with Gasteiger partial charge in [-0.15, -0.1) is 0 Å². The van der Waals surface area contributed by atoms with Gasteiger partial charge in [-0.25, -0.2) is 4.79 Å². The summed E-state index contributed by atoms with van der Waals surface area (Å²) in [4.78, 5) is 42.2. The van der Waals surface area contributed by atoms with Gasteiger partial charge in [-0.05, 0) is 59.1 Å². The van der Waals surface area contributed by atoms with E-state index in [-0.39, 0.29) is 39.6 Å². The minimum absolute atomic E-state index is 0.00445. The number of hydrogen-bond acceptors (Lipinski definition) is 5. The molecule has 2 aliphatic carbocycles. The third kappa shape index (κ3) is 6.25. The van der Waals surface area contributed by atoms with Crippen molar-refractivity contribution in [3.63, 3.8) is 0 Å². The summed E-state index contributed by atoms with van der Waals surface area (Å²) in [5.74, 6) is -1.34. The van der Waals surface area contributed by atoms with Crippen molar-refractivity contribution in [3.05, 3.63) is 122 Å². The van der Waals surface area contributed by atoms with Crippen molar-refractivity contribution in [2.45, 2.75) is 72.4 Å². The molecule has 238 valence electrons. The third-order valence-electron chi connectivity index (χ3n) is 9.14. The van der Waals surface area contributed by atoms with E-state index in [1.54, 1.807) is 24.3 Å². The molecule has 0 fully saturated rings. The topological polar surface area (TPSA) is 83.9 Å². The third-order valence-corrected chi connectivity index (χ3v) is 9.64. The van der Waals surface area contributed by atoms with Crippen LogP contribution in [-0.4, -0.2) is 27.5 Å². The Bertz CT molecular complexity index is 1750. The summed E-state index contributed by atoms with van der Waals surface area (Å²) in [5, 5.41) is 9.94. The average molecular weight is 659 g/mol. The number of carboxylic acid groups (broad SMARTS) is 1. The Labute approximate surface area is 279 Å². The molecule has 0 radical (unpaired) electrons. The zero-order chi connectivity index (χ0) is 33.0. The van der Waals surface area contributed by atoms with Gasteiger partial charge < -0.3 is 14.7 Å². The number of rotatable bonds is 7. The molecular weight excluding hydrogens is 621 g/mol. The van der Waals surface area contributed by atoms with Crippen molar-refractivity contribution in [2.24, 2.45) is 10.8 Å². The molecule has 0 saturated heterocycles. The Kier molecular flexibility index (Phi) is 8.41. The summed E-state index contributed by atoms with van der Waals surface area (Å²) in [7, 11) is 0. The van der Waals surface area contributed by atoms with E-state index in [1.165, 1.54) is 12.1 Å². The van der Waals surface area contributed by atoms with Crippen molar-refractivity contribution in [3.8, 4) is 5.75 Å². The number of allylic oxidation sites excluding steroid dienone is 4. The van der Waals surface area contributed by atoms with Crippen LogP contribution in [0.2, 0.25) is 10.0 Å². The Morgan fingerprint density at radius 3 is 1.93 bits per heavy atom. The maximum Gasteiger partial charge on any atom is 0.335 e. The molecular formula is C38H37Cl2NO5. The standard InChI is InChI=1S/C38H37Cl2NO5/c1-37(2)16-28-33(30(42)18-37)32(34-29(17-38(3,4)19-31(34)43)41(28)20-22-8-6-5-7-9-22)26-14-25(39)15-27(40)35(26)46-21-23-10-12-24(13-11-23)36(44)45/h5-15,32H,16-21H2,1-4H3,(H,44,45). The van der Waals surface area contributed by atoms with Gasteiger partial charge in [0.15, 0.2) is 11.6 Å². The lowest BCUT2D eigenvalue weighted by Crippen LogP contribution is -2.44.